The van der Waals surface area contributed by atoms with Crippen molar-refractivity contribution in [1.82, 2.24) is 5.32 Å². The smallest absolute Gasteiger partial charge is 0.183 e. The predicted octanol–water partition coefficient (Wildman–Crippen LogP) is 3.18. The van der Waals surface area contributed by atoms with Crippen LogP contribution in [0.1, 0.15) is 5.56 Å². The summed E-state index contributed by atoms with van der Waals surface area (Å²) in [7, 11) is 0. The topological polar surface area (TPSA) is 48.2 Å². The summed E-state index contributed by atoms with van der Waals surface area (Å²) < 4.78 is 0.985. The van der Waals surface area contributed by atoms with Gasteiger partial charge >= 0.3 is 0 Å². The Morgan fingerprint density at radius 1 is 1.53 bits per heavy atom. The summed E-state index contributed by atoms with van der Waals surface area (Å²) in [6, 6.07) is 5.87. The van der Waals surface area contributed by atoms with Gasteiger partial charge in [-0.15, -0.1) is 0 Å². The second-order valence-corrected chi connectivity index (χ2v) is 4.56. The van der Waals surface area contributed by atoms with E-state index in [0.29, 0.717) is 5.17 Å². The molecule has 0 aromatic heterocycles. The van der Waals surface area contributed by atoms with E-state index in [2.05, 4.69) is 26.2 Å². The summed E-state index contributed by atoms with van der Waals surface area (Å²) in [4.78, 5) is 4.30. The maximum Gasteiger partial charge on any atom is 0.183 e. The summed E-state index contributed by atoms with van der Waals surface area (Å²) >= 11 is 4.80. The van der Waals surface area contributed by atoms with Gasteiger partial charge in [0.25, 0.3) is 0 Å². The van der Waals surface area contributed by atoms with Gasteiger partial charge in [0, 0.05) is 4.47 Å². The SMILES string of the molecule is CSC(=Nc1cc(C)cc(Br)c1)NC#N. The minimum Gasteiger partial charge on any atom is -0.271 e. The van der Waals surface area contributed by atoms with Gasteiger partial charge in [0.1, 0.15) is 0 Å². The average Bonchev–Trinajstić information content (AvgIpc) is 2.15. The zero-order valence-corrected chi connectivity index (χ0v) is 10.8. The molecule has 0 amide bonds. The minimum atomic E-state index is 0.593. The third kappa shape index (κ3) is 3.94. The fourth-order valence-corrected chi connectivity index (χ4v) is 2.01. The van der Waals surface area contributed by atoms with E-state index in [4.69, 9.17) is 5.26 Å². The Hall–Kier alpha value is -0.990. The fourth-order valence-electron chi connectivity index (χ4n) is 1.07. The minimum absolute atomic E-state index is 0.593. The number of amidine groups is 1. The molecule has 1 aromatic rings. The number of aliphatic imine (C=N–C) groups is 1. The van der Waals surface area contributed by atoms with Crippen LogP contribution in [0.5, 0.6) is 0 Å². The molecule has 0 unspecified atom stereocenters. The summed E-state index contributed by atoms with van der Waals surface area (Å²) in [5.74, 6) is 0. The molecule has 0 saturated heterocycles. The van der Waals surface area contributed by atoms with Gasteiger partial charge in [-0.1, -0.05) is 27.7 Å². The zero-order chi connectivity index (χ0) is 11.3. The largest absolute Gasteiger partial charge is 0.271 e. The van der Waals surface area contributed by atoms with Crippen LogP contribution in [0.3, 0.4) is 0 Å². The van der Waals surface area contributed by atoms with E-state index in [1.807, 2.05) is 37.6 Å². The zero-order valence-electron chi connectivity index (χ0n) is 8.41. The van der Waals surface area contributed by atoms with Crippen molar-refractivity contribution in [2.75, 3.05) is 6.26 Å². The van der Waals surface area contributed by atoms with E-state index in [1.54, 1.807) is 0 Å². The van der Waals surface area contributed by atoms with E-state index in [-0.39, 0.29) is 0 Å². The van der Waals surface area contributed by atoms with Crippen molar-refractivity contribution in [1.29, 1.82) is 5.26 Å². The molecule has 3 nitrogen and oxygen atoms in total. The number of nitrogens with one attached hydrogen (secondary N) is 1. The van der Waals surface area contributed by atoms with Crippen molar-refractivity contribution < 1.29 is 0 Å². The molecule has 0 atom stereocenters. The van der Waals surface area contributed by atoms with Crippen molar-refractivity contribution in [2.45, 2.75) is 6.92 Å². The third-order valence-electron chi connectivity index (χ3n) is 1.61. The molecule has 0 radical (unpaired) electrons. The van der Waals surface area contributed by atoms with E-state index < -0.39 is 0 Å². The first-order chi connectivity index (χ1) is 7.15. The molecule has 0 aliphatic carbocycles. The van der Waals surface area contributed by atoms with Crippen molar-refractivity contribution in [2.24, 2.45) is 4.99 Å². The second kappa shape index (κ2) is 5.79. The van der Waals surface area contributed by atoms with E-state index >= 15 is 0 Å². The lowest BCUT2D eigenvalue weighted by Crippen LogP contribution is -2.12. The molecule has 0 spiro atoms. The number of nitrogens with zero attached hydrogens (tertiary/aromatic N) is 2. The fraction of sp³-hybridized carbons (Fsp3) is 0.200. The Morgan fingerprint density at radius 2 is 2.27 bits per heavy atom. The molecule has 15 heavy (non-hydrogen) atoms. The number of nitriles is 1. The molecule has 78 valence electrons. The number of halogens is 1. The number of thioether (sulfide) groups is 1. The highest BCUT2D eigenvalue weighted by Crippen LogP contribution is 2.22. The first-order valence-electron chi connectivity index (χ1n) is 4.20. The molecule has 0 aliphatic heterocycles. The molecule has 0 aliphatic rings. The van der Waals surface area contributed by atoms with Crippen LogP contribution in [0.25, 0.3) is 0 Å². The maximum absolute atomic E-state index is 8.49. The summed E-state index contributed by atoms with van der Waals surface area (Å²) in [6.45, 7) is 2.00. The number of aryl methyl sites for hydroxylation is 1. The highest BCUT2D eigenvalue weighted by Gasteiger charge is 1.98. The van der Waals surface area contributed by atoms with Crippen LogP contribution in [-0.2, 0) is 0 Å². The van der Waals surface area contributed by atoms with Crippen molar-refractivity contribution in [3.05, 3.63) is 28.2 Å². The Balaban J connectivity index is 3.01. The first kappa shape index (κ1) is 12.1. The van der Waals surface area contributed by atoms with Crippen LogP contribution >= 0.6 is 27.7 Å². The molecular formula is C10H10BrN3S. The van der Waals surface area contributed by atoms with Crippen molar-refractivity contribution in [3.63, 3.8) is 0 Å². The van der Waals surface area contributed by atoms with Crippen molar-refractivity contribution >= 4 is 38.5 Å². The van der Waals surface area contributed by atoms with Gasteiger partial charge in [0.2, 0.25) is 0 Å². The Labute approximate surface area is 102 Å². The molecule has 0 saturated carbocycles. The lowest BCUT2D eigenvalue weighted by molar-refractivity contribution is 1.27. The Morgan fingerprint density at radius 3 is 2.80 bits per heavy atom. The lowest BCUT2D eigenvalue weighted by Gasteiger charge is -2.01. The summed E-state index contributed by atoms with van der Waals surface area (Å²) in [5, 5.41) is 11.6. The van der Waals surface area contributed by atoms with Crippen LogP contribution in [-0.4, -0.2) is 11.4 Å². The lowest BCUT2D eigenvalue weighted by atomic mass is 10.2. The quantitative estimate of drug-likeness (QED) is 0.373. The van der Waals surface area contributed by atoms with E-state index in [1.165, 1.54) is 11.8 Å². The molecule has 1 aromatic carbocycles. The van der Waals surface area contributed by atoms with Gasteiger partial charge in [0.05, 0.1) is 5.69 Å². The Bertz CT molecular complexity index is 403. The molecule has 0 bridgehead atoms. The van der Waals surface area contributed by atoms with Gasteiger partial charge in [-0.2, -0.15) is 5.26 Å². The van der Waals surface area contributed by atoms with E-state index in [0.717, 1.165) is 15.7 Å². The summed E-state index contributed by atoms with van der Waals surface area (Å²) in [5.41, 5.74) is 1.95. The van der Waals surface area contributed by atoms with Crippen LogP contribution in [0.2, 0.25) is 0 Å². The standard InChI is InChI=1S/C10H10BrN3S/c1-7-3-8(11)5-9(4-7)14-10(15-2)13-6-12/h3-5H,1-2H3,(H,13,14). The average molecular weight is 284 g/mol. The van der Waals surface area contributed by atoms with Gasteiger partial charge in [-0.25, -0.2) is 4.99 Å². The number of hydrogen-bond acceptors (Lipinski definition) is 3. The Kier molecular flexibility index (Phi) is 4.66. The van der Waals surface area contributed by atoms with Crippen LogP contribution < -0.4 is 5.32 Å². The van der Waals surface area contributed by atoms with Crippen LogP contribution in [0.4, 0.5) is 5.69 Å². The third-order valence-corrected chi connectivity index (χ3v) is 2.65. The molecule has 0 fully saturated rings. The van der Waals surface area contributed by atoms with Gasteiger partial charge in [-0.3, -0.25) is 5.32 Å². The molecule has 5 heteroatoms. The first-order valence-corrected chi connectivity index (χ1v) is 6.22. The van der Waals surface area contributed by atoms with Crippen LogP contribution in [0, 0.1) is 18.4 Å². The highest BCUT2D eigenvalue weighted by molar-refractivity contribution is 9.10. The normalized spacial score (nSPS) is 10.9. The molecular weight excluding hydrogens is 274 g/mol. The van der Waals surface area contributed by atoms with Gasteiger partial charge < -0.3 is 0 Å². The molecule has 1 rings (SSSR count). The second-order valence-electron chi connectivity index (χ2n) is 2.84. The predicted molar refractivity (Wildman–Crippen MR) is 68.2 cm³/mol. The number of hydrogen-bond donors (Lipinski definition) is 1. The molecule has 1 N–H and O–H groups in total. The van der Waals surface area contributed by atoms with Gasteiger partial charge in [-0.05, 0) is 36.9 Å². The maximum atomic E-state index is 8.49. The van der Waals surface area contributed by atoms with Gasteiger partial charge in [0.15, 0.2) is 11.4 Å². The van der Waals surface area contributed by atoms with E-state index in [9.17, 15) is 0 Å². The number of rotatable bonds is 1. The van der Waals surface area contributed by atoms with Crippen molar-refractivity contribution in [3.8, 4) is 6.19 Å². The summed E-state index contributed by atoms with van der Waals surface area (Å²) in [6.07, 6.45) is 3.72. The monoisotopic (exact) mass is 283 g/mol. The van der Waals surface area contributed by atoms with Crippen LogP contribution in [0.15, 0.2) is 27.7 Å². The highest BCUT2D eigenvalue weighted by atomic mass is 79.9. The molecule has 0 heterocycles. The number of benzene rings is 1.